The molecule has 0 fully saturated rings. The van der Waals surface area contributed by atoms with Crippen molar-refractivity contribution >= 4 is 17.9 Å². The van der Waals surface area contributed by atoms with E-state index >= 15 is 0 Å². The van der Waals surface area contributed by atoms with E-state index in [4.69, 9.17) is 19.4 Å². The first-order valence-corrected chi connectivity index (χ1v) is 9.44. The molecule has 0 heterocycles. The zero-order valence-electron chi connectivity index (χ0n) is 17.5. The maximum Gasteiger partial charge on any atom is 0.347 e. The Balaban J connectivity index is 0.00000103. The molecular formula is C22H27NO7. The molecule has 2 aromatic rings. The number of carboxylic acids is 2. The minimum atomic E-state index is -1.16. The summed E-state index contributed by atoms with van der Waals surface area (Å²) in [4.78, 5) is 35.0. The van der Waals surface area contributed by atoms with Gasteiger partial charge in [-0.15, -0.1) is 0 Å². The number of carbonyl (C=O) groups is 3. The molecule has 2 N–H and O–H groups in total. The largest absolute Gasteiger partial charge is 0.481 e. The summed E-state index contributed by atoms with van der Waals surface area (Å²) in [6.07, 6.45) is -0.217. The molecule has 1 unspecified atom stereocenters. The quantitative estimate of drug-likeness (QED) is 0.379. The Kier molecular flexibility index (Phi) is 10.0. The Morgan fingerprint density at radius 2 is 1.37 bits per heavy atom. The monoisotopic (exact) mass is 417 g/mol. The van der Waals surface area contributed by atoms with Crippen LogP contribution in [0.2, 0.25) is 0 Å². The van der Waals surface area contributed by atoms with Crippen molar-refractivity contribution in [3.63, 3.8) is 0 Å². The second-order valence-corrected chi connectivity index (χ2v) is 6.14. The maximum absolute atomic E-state index is 12.6. The van der Waals surface area contributed by atoms with Crippen LogP contribution in [0.5, 0.6) is 11.5 Å². The molecule has 2 rings (SSSR count). The van der Waals surface area contributed by atoms with Crippen molar-refractivity contribution in [3.8, 4) is 11.5 Å². The van der Waals surface area contributed by atoms with Gasteiger partial charge in [-0.25, -0.2) is 9.59 Å². The van der Waals surface area contributed by atoms with Gasteiger partial charge in [0.15, 0.2) is 0 Å². The Morgan fingerprint density at radius 1 is 0.900 bits per heavy atom. The first-order valence-electron chi connectivity index (χ1n) is 9.44. The van der Waals surface area contributed by atoms with Gasteiger partial charge in [0, 0.05) is 6.92 Å². The number of aliphatic carboxylic acids is 1. The van der Waals surface area contributed by atoms with E-state index in [1.807, 2.05) is 20.8 Å². The van der Waals surface area contributed by atoms with Crippen molar-refractivity contribution in [1.82, 2.24) is 4.90 Å². The molecule has 0 amide bonds. The van der Waals surface area contributed by atoms with Crippen molar-refractivity contribution in [1.29, 1.82) is 0 Å². The summed E-state index contributed by atoms with van der Waals surface area (Å²) in [6.45, 7) is 8.69. The first-order chi connectivity index (χ1) is 14.2. The number of aromatic carboxylic acids is 1. The molecule has 8 heteroatoms. The van der Waals surface area contributed by atoms with Gasteiger partial charge in [0.05, 0.1) is 0 Å². The van der Waals surface area contributed by atoms with Crippen molar-refractivity contribution < 1.29 is 34.1 Å². The summed E-state index contributed by atoms with van der Waals surface area (Å²) in [7, 11) is 0. The van der Waals surface area contributed by atoms with Crippen LogP contribution in [0.1, 0.15) is 48.4 Å². The summed E-state index contributed by atoms with van der Waals surface area (Å²) in [6, 6.07) is 12.8. The van der Waals surface area contributed by atoms with Crippen molar-refractivity contribution in [2.75, 3.05) is 13.1 Å². The molecule has 2 aromatic carbocycles. The van der Waals surface area contributed by atoms with Crippen molar-refractivity contribution in [2.24, 2.45) is 0 Å². The second-order valence-electron chi connectivity index (χ2n) is 6.14. The van der Waals surface area contributed by atoms with Gasteiger partial charge in [-0.2, -0.15) is 0 Å². The lowest BCUT2D eigenvalue weighted by molar-refractivity contribution is -0.134. The molecule has 0 radical (unpaired) electrons. The summed E-state index contributed by atoms with van der Waals surface area (Å²) >= 11 is 0. The molecule has 162 valence electrons. The zero-order valence-corrected chi connectivity index (χ0v) is 17.5. The van der Waals surface area contributed by atoms with Gasteiger partial charge in [0.25, 0.3) is 5.97 Å². The van der Waals surface area contributed by atoms with Crippen LogP contribution in [0.3, 0.4) is 0 Å². The van der Waals surface area contributed by atoms with Gasteiger partial charge in [-0.05, 0) is 44.3 Å². The fraction of sp³-hybridized carbons (Fsp3) is 0.318. The van der Waals surface area contributed by atoms with Gasteiger partial charge in [0.1, 0.15) is 28.9 Å². The highest BCUT2D eigenvalue weighted by Crippen LogP contribution is 2.24. The minimum absolute atomic E-state index is 0.00315. The van der Waals surface area contributed by atoms with Crippen LogP contribution in [0.4, 0.5) is 0 Å². The Bertz CT molecular complexity index is 858. The number of ether oxygens (including phenoxy) is 2. The number of hydrogen-bond donors (Lipinski definition) is 2. The van der Waals surface area contributed by atoms with Gasteiger partial charge in [-0.3, -0.25) is 9.69 Å². The van der Waals surface area contributed by atoms with Crippen LogP contribution in [0, 0.1) is 0 Å². The number of rotatable bonds is 8. The third kappa shape index (κ3) is 7.56. The minimum Gasteiger partial charge on any atom is -0.481 e. The molecule has 1 atom stereocenters. The normalized spacial score (nSPS) is 11.1. The summed E-state index contributed by atoms with van der Waals surface area (Å²) < 4.78 is 11.2. The molecular weight excluding hydrogens is 390 g/mol. The molecule has 0 saturated heterocycles. The fourth-order valence-electron chi connectivity index (χ4n) is 2.62. The van der Waals surface area contributed by atoms with Crippen LogP contribution < -0.4 is 9.47 Å². The maximum atomic E-state index is 12.6. The van der Waals surface area contributed by atoms with E-state index in [2.05, 4.69) is 4.90 Å². The lowest BCUT2D eigenvalue weighted by Crippen LogP contribution is -2.37. The first kappa shape index (κ1) is 24.6. The highest BCUT2D eigenvalue weighted by Gasteiger charge is 2.20. The topological polar surface area (TPSA) is 113 Å². The zero-order chi connectivity index (χ0) is 22.7. The number of nitrogens with zero attached hydrogens (tertiary/aromatic N) is 1. The second kappa shape index (κ2) is 12.2. The third-order valence-electron chi connectivity index (χ3n) is 4.05. The Hall–Kier alpha value is -3.39. The lowest BCUT2D eigenvalue weighted by Gasteiger charge is -2.27. The SMILES string of the molecule is CC(=O)O.CCN(CC)C(C)Oc1ccccc1C(=O)Oc1ccccc1C(=O)O. The smallest absolute Gasteiger partial charge is 0.347 e. The van der Waals surface area contributed by atoms with E-state index in [1.165, 1.54) is 12.1 Å². The van der Waals surface area contributed by atoms with Crippen LogP contribution in [-0.2, 0) is 4.79 Å². The number of benzene rings is 2. The summed E-state index contributed by atoms with van der Waals surface area (Å²) in [5, 5.41) is 16.6. The molecule has 0 spiro atoms. The van der Waals surface area contributed by atoms with E-state index < -0.39 is 17.9 Å². The van der Waals surface area contributed by atoms with E-state index in [9.17, 15) is 14.7 Å². The predicted octanol–water partition coefficient (Wildman–Crippen LogP) is 3.76. The average Bonchev–Trinajstić information content (AvgIpc) is 2.69. The van der Waals surface area contributed by atoms with E-state index in [-0.39, 0.29) is 23.1 Å². The number of hydrogen-bond acceptors (Lipinski definition) is 6. The molecule has 0 aliphatic carbocycles. The average molecular weight is 417 g/mol. The van der Waals surface area contributed by atoms with Crippen LogP contribution in [0.25, 0.3) is 0 Å². The molecule has 0 bridgehead atoms. The Labute approximate surface area is 175 Å². The number of carbonyl (C=O) groups excluding carboxylic acids is 1. The molecule has 30 heavy (non-hydrogen) atoms. The number of para-hydroxylation sites is 2. The molecule has 0 saturated carbocycles. The highest BCUT2D eigenvalue weighted by atomic mass is 16.5. The van der Waals surface area contributed by atoms with Crippen molar-refractivity contribution in [3.05, 3.63) is 59.7 Å². The van der Waals surface area contributed by atoms with E-state index in [0.717, 1.165) is 20.0 Å². The third-order valence-corrected chi connectivity index (χ3v) is 4.05. The van der Waals surface area contributed by atoms with Crippen LogP contribution >= 0.6 is 0 Å². The summed E-state index contributed by atoms with van der Waals surface area (Å²) in [5.41, 5.74) is 0.169. The fourth-order valence-corrected chi connectivity index (χ4v) is 2.62. The number of carboxylic acid groups (broad SMARTS) is 2. The Morgan fingerprint density at radius 3 is 1.87 bits per heavy atom. The lowest BCUT2D eigenvalue weighted by atomic mass is 10.2. The van der Waals surface area contributed by atoms with Crippen LogP contribution in [0.15, 0.2) is 48.5 Å². The predicted molar refractivity (Wildman–Crippen MR) is 111 cm³/mol. The van der Waals surface area contributed by atoms with Gasteiger partial charge >= 0.3 is 11.9 Å². The standard InChI is InChI=1S/C20H23NO5.C2H4O2/c1-4-21(5-2)14(3)25-18-13-9-7-11-16(18)20(24)26-17-12-8-6-10-15(17)19(22)23;1-2(3)4/h6-14H,4-5H2,1-3H3,(H,22,23);1H3,(H,3,4). The molecule has 8 nitrogen and oxygen atoms in total. The molecule has 0 aliphatic heterocycles. The highest BCUT2D eigenvalue weighted by molar-refractivity contribution is 5.96. The molecule has 0 aromatic heterocycles. The van der Waals surface area contributed by atoms with E-state index in [1.54, 1.807) is 36.4 Å². The summed E-state index contributed by atoms with van der Waals surface area (Å²) in [5.74, 6) is -2.27. The van der Waals surface area contributed by atoms with Gasteiger partial charge in [-0.1, -0.05) is 38.1 Å². The van der Waals surface area contributed by atoms with Crippen LogP contribution in [-0.4, -0.2) is 52.3 Å². The van der Waals surface area contributed by atoms with Crippen molar-refractivity contribution in [2.45, 2.75) is 33.9 Å². The van der Waals surface area contributed by atoms with Gasteiger partial charge in [0.2, 0.25) is 0 Å². The number of esters is 1. The molecule has 0 aliphatic rings. The van der Waals surface area contributed by atoms with Gasteiger partial charge < -0.3 is 19.7 Å². The van der Waals surface area contributed by atoms with E-state index in [0.29, 0.717) is 5.75 Å².